The molecular formula is C28H42. The molecule has 0 radical (unpaired) electrons. The van der Waals surface area contributed by atoms with Crippen LogP contribution in [0.3, 0.4) is 0 Å². The van der Waals surface area contributed by atoms with Gasteiger partial charge < -0.3 is 0 Å². The van der Waals surface area contributed by atoms with Crippen molar-refractivity contribution < 1.29 is 0 Å². The van der Waals surface area contributed by atoms with Crippen LogP contribution in [-0.2, 0) is 19.3 Å². The molecule has 28 heavy (non-hydrogen) atoms. The smallest absolute Gasteiger partial charge is 0.0245 e. The van der Waals surface area contributed by atoms with Gasteiger partial charge in [-0.05, 0) is 124 Å². The summed E-state index contributed by atoms with van der Waals surface area (Å²) in [5, 5.41) is 0. The fourth-order valence-corrected chi connectivity index (χ4v) is 6.89. The van der Waals surface area contributed by atoms with Crippen molar-refractivity contribution in [3.8, 4) is 0 Å². The minimum Gasteiger partial charge on any atom is -0.0917 e. The summed E-state index contributed by atoms with van der Waals surface area (Å²) in [6.45, 7) is 4.45. The molecular weight excluding hydrogens is 336 g/mol. The zero-order valence-electron chi connectivity index (χ0n) is 18.5. The fraction of sp³-hybridized carbons (Fsp3) is 0.714. The Morgan fingerprint density at radius 2 is 1.68 bits per heavy atom. The van der Waals surface area contributed by atoms with Gasteiger partial charge in [0.2, 0.25) is 0 Å². The van der Waals surface area contributed by atoms with Crippen LogP contribution >= 0.6 is 0 Å². The average Bonchev–Trinajstić information content (AvgIpc) is 2.73. The predicted molar refractivity (Wildman–Crippen MR) is 122 cm³/mol. The van der Waals surface area contributed by atoms with E-state index in [-0.39, 0.29) is 0 Å². The molecule has 5 atom stereocenters. The summed E-state index contributed by atoms with van der Waals surface area (Å²) >= 11 is 0. The van der Waals surface area contributed by atoms with Gasteiger partial charge in [0.05, 0.1) is 0 Å². The second-order valence-electron chi connectivity index (χ2n) is 10.3. The molecule has 2 saturated carbocycles. The van der Waals surface area contributed by atoms with Crippen LogP contribution in [0.25, 0.3) is 0 Å². The van der Waals surface area contributed by atoms with Crippen molar-refractivity contribution in [3.05, 3.63) is 47.0 Å². The maximum Gasteiger partial charge on any atom is -0.0245 e. The van der Waals surface area contributed by atoms with Gasteiger partial charge in [0, 0.05) is 0 Å². The Kier molecular flexibility index (Phi) is 6.97. The molecule has 3 aliphatic rings. The van der Waals surface area contributed by atoms with E-state index in [4.69, 9.17) is 0 Å². The van der Waals surface area contributed by atoms with Gasteiger partial charge >= 0.3 is 0 Å². The molecule has 154 valence electrons. The minimum atomic E-state index is 0.970. The molecule has 0 bridgehead atoms. The second kappa shape index (κ2) is 9.64. The highest BCUT2D eigenvalue weighted by atomic mass is 14.4. The molecule has 0 saturated heterocycles. The van der Waals surface area contributed by atoms with Crippen LogP contribution < -0.4 is 0 Å². The molecule has 1 aromatic rings. The fourth-order valence-electron chi connectivity index (χ4n) is 6.89. The van der Waals surface area contributed by atoms with Gasteiger partial charge in [0.25, 0.3) is 0 Å². The number of allylic oxidation sites excluding steroid dienone is 2. The van der Waals surface area contributed by atoms with Gasteiger partial charge in [-0.3, -0.25) is 0 Å². The summed E-state index contributed by atoms with van der Waals surface area (Å²) in [4.78, 5) is 0. The van der Waals surface area contributed by atoms with E-state index in [0.717, 1.165) is 29.6 Å². The van der Waals surface area contributed by atoms with Gasteiger partial charge in [0.15, 0.2) is 0 Å². The normalized spacial score (nSPS) is 32.9. The number of rotatable bonds is 6. The first-order chi connectivity index (χ1) is 13.8. The van der Waals surface area contributed by atoms with Crippen LogP contribution in [0.1, 0.15) is 94.7 Å². The Bertz CT molecular complexity index is 654. The van der Waals surface area contributed by atoms with E-state index in [1.54, 1.807) is 29.5 Å². The molecule has 0 N–H and O–H groups in total. The average molecular weight is 379 g/mol. The number of hydrogen-bond acceptors (Lipinski definition) is 0. The standard InChI is InChI=1S/C28H42/c1-3-5-6-8-22-10-12-26-20-28(16-14-24(26)18-22)27-15-13-23-17-21(7-4-2)9-11-25(23)19-27/h3,5,9,11,17,22,24,26-28H,4,6-8,10,12-16,18-20H2,1-2H3/t22-,24?,26-,27?,28?/m1/s1. The molecule has 0 aliphatic heterocycles. The summed E-state index contributed by atoms with van der Waals surface area (Å²) in [7, 11) is 0. The first-order valence-corrected chi connectivity index (χ1v) is 12.5. The number of fused-ring (bicyclic) bond motifs is 2. The van der Waals surface area contributed by atoms with Crippen LogP contribution in [0.5, 0.6) is 0 Å². The summed E-state index contributed by atoms with van der Waals surface area (Å²) < 4.78 is 0. The van der Waals surface area contributed by atoms with Crippen LogP contribution in [0.2, 0.25) is 0 Å². The maximum absolute atomic E-state index is 2.53. The Morgan fingerprint density at radius 1 is 0.893 bits per heavy atom. The van der Waals surface area contributed by atoms with E-state index >= 15 is 0 Å². The summed E-state index contributed by atoms with van der Waals surface area (Å²) in [6.07, 6.45) is 23.2. The molecule has 4 rings (SSSR count). The molecule has 0 aromatic heterocycles. The van der Waals surface area contributed by atoms with E-state index in [1.807, 2.05) is 0 Å². The lowest BCUT2D eigenvalue weighted by molar-refractivity contribution is 0.0699. The quantitative estimate of drug-likeness (QED) is 0.441. The van der Waals surface area contributed by atoms with Crippen molar-refractivity contribution in [2.45, 2.75) is 97.3 Å². The molecule has 0 spiro atoms. The van der Waals surface area contributed by atoms with Crippen molar-refractivity contribution in [1.82, 2.24) is 0 Å². The molecule has 1 aromatic carbocycles. The molecule has 0 nitrogen and oxygen atoms in total. The zero-order chi connectivity index (χ0) is 19.3. The lowest BCUT2D eigenvalue weighted by atomic mass is 9.61. The molecule has 3 aliphatic carbocycles. The highest BCUT2D eigenvalue weighted by molar-refractivity contribution is 5.34. The third kappa shape index (κ3) is 4.74. The lowest BCUT2D eigenvalue weighted by Gasteiger charge is -2.45. The molecule has 0 heterocycles. The lowest BCUT2D eigenvalue weighted by Crippen LogP contribution is -2.35. The Morgan fingerprint density at radius 3 is 2.50 bits per heavy atom. The van der Waals surface area contributed by atoms with Gasteiger partial charge in [-0.15, -0.1) is 0 Å². The van der Waals surface area contributed by atoms with Crippen molar-refractivity contribution >= 4 is 0 Å². The third-order valence-corrected chi connectivity index (χ3v) is 8.48. The maximum atomic E-state index is 2.53. The Labute approximate surface area is 174 Å². The third-order valence-electron chi connectivity index (χ3n) is 8.48. The summed E-state index contributed by atoms with van der Waals surface area (Å²) in [5.74, 6) is 5.13. The van der Waals surface area contributed by atoms with Crippen LogP contribution in [0, 0.1) is 29.6 Å². The monoisotopic (exact) mass is 378 g/mol. The van der Waals surface area contributed by atoms with Gasteiger partial charge in [0.1, 0.15) is 0 Å². The zero-order valence-corrected chi connectivity index (χ0v) is 18.5. The van der Waals surface area contributed by atoms with Crippen molar-refractivity contribution in [3.63, 3.8) is 0 Å². The highest BCUT2D eigenvalue weighted by Gasteiger charge is 2.38. The highest BCUT2D eigenvalue weighted by Crippen LogP contribution is 2.49. The molecule has 2 fully saturated rings. The van der Waals surface area contributed by atoms with Gasteiger partial charge in [-0.2, -0.15) is 0 Å². The molecule has 0 amide bonds. The number of aryl methyl sites for hydroxylation is 2. The van der Waals surface area contributed by atoms with Gasteiger partial charge in [-0.1, -0.05) is 50.1 Å². The number of benzene rings is 1. The van der Waals surface area contributed by atoms with E-state index in [9.17, 15) is 0 Å². The van der Waals surface area contributed by atoms with E-state index < -0.39 is 0 Å². The Balaban J connectivity index is 1.30. The van der Waals surface area contributed by atoms with Crippen molar-refractivity contribution in [2.75, 3.05) is 0 Å². The Hall–Kier alpha value is -1.04. The number of hydrogen-bond donors (Lipinski definition) is 0. The first kappa shape index (κ1) is 20.2. The van der Waals surface area contributed by atoms with Gasteiger partial charge in [-0.25, -0.2) is 0 Å². The second-order valence-corrected chi connectivity index (χ2v) is 10.3. The molecule has 0 heteroatoms. The topological polar surface area (TPSA) is 0 Å². The van der Waals surface area contributed by atoms with Crippen molar-refractivity contribution in [2.24, 2.45) is 29.6 Å². The van der Waals surface area contributed by atoms with Crippen molar-refractivity contribution in [1.29, 1.82) is 0 Å². The minimum absolute atomic E-state index is 0.970. The summed E-state index contributed by atoms with van der Waals surface area (Å²) in [6, 6.07) is 7.42. The SMILES string of the molecule is CC=CCC[C@@H]1CC[C@@H]2CC(C3CCc4cc(CCC)ccc4C3)CCC2C1. The predicted octanol–water partition coefficient (Wildman–Crippen LogP) is 7.93. The summed E-state index contributed by atoms with van der Waals surface area (Å²) in [5.41, 5.74) is 4.93. The van der Waals surface area contributed by atoms with Crippen LogP contribution in [0.4, 0.5) is 0 Å². The van der Waals surface area contributed by atoms with Crippen LogP contribution in [-0.4, -0.2) is 0 Å². The van der Waals surface area contributed by atoms with E-state index in [1.165, 1.54) is 70.6 Å². The van der Waals surface area contributed by atoms with E-state index in [2.05, 4.69) is 44.2 Å². The van der Waals surface area contributed by atoms with Crippen LogP contribution in [0.15, 0.2) is 30.4 Å². The first-order valence-electron chi connectivity index (χ1n) is 12.5. The largest absolute Gasteiger partial charge is 0.0917 e. The van der Waals surface area contributed by atoms with E-state index in [0.29, 0.717) is 0 Å². The molecule has 3 unspecified atom stereocenters.